The Morgan fingerprint density at radius 3 is 2.47 bits per heavy atom. The number of halogens is 4. The summed E-state index contributed by atoms with van der Waals surface area (Å²) < 4.78 is 62.5. The van der Waals surface area contributed by atoms with Gasteiger partial charge >= 0.3 is 11.9 Å². The van der Waals surface area contributed by atoms with Crippen LogP contribution >= 0.6 is 0 Å². The van der Waals surface area contributed by atoms with Crippen molar-refractivity contribution >= 4 is 23.5 Å². The number of nitrogens with one attached hydrogen (secondary N) is 1. The Kier molecular flexibility index (Phi) is 6.49. The van der Waals surface area contributed by atoms with Gasteiger partial charge < -0.3 is 20.1 Å². The zero-order valence-corrected chi connectivity index (χ0v) is 16.7. The van der Waals surface area contributed by atoms with Crippen molar-refractivity contribution in [3.63, 3.8) is 0 Å². The van der Waals surface area contributed by atoms with Crippen molar-refractivity contribution < 1.29 is 41.8 Å². The van der Waals surface area contributed by atoms with Crippen molar-refractivity contribution in [1.29, 1.82) is 0 Å². The summed E-state index contributed by atoms with van der Waals surface area (Å²) in [6, 6.07) is 4.10. The fraction of sp³-hybridized carbons (Fsp3) is 0.286. The number of carboxylic acid groups (broad SMARTS) is 1. The van der Waals surface area contributed by atoms with E-state index in [1.54, 1.807) is 0 Å². The minimum atomic E-state index is -4.45. The van der Waals surface area contributed by atoms with E-state index in [0.29, 0.717) is 17.0 Å². The van der Waals surface area contributed by atoms with Crippen LogP contribution < -0.4 is 5.32 Å². The lowest BCUT2D eigenvalue weighted by molar-refractivity contribution is -0.174. The van der Waals surface area contributed by atoms with E-state index in [4.69, 9.17) is 4.74 Å². The van der Waals surface area contributed by atoms with E-state index in [9.17, 15) is 37.1 Å². The lowest BCUT2D eigenvalue weighted by atomic mass is 10.0. The second-order valence-electron chi connectivity index (χ2n) is 7.11. The standard InChI is InChI=1S/C21H18F4N2O5/c1-11-8-13(3-5-15(11)22)26-18(28)12-2-4-16(23)14(9-12)21(24,25)20(31)27-6-7-32-10-17(27)19(29)30/h2-5,8-9,17H,6-7,10H2,1H3,(H,26,28)(H,29,30)/t17-/m0/s1. The van der Waals surface area contributed by atoms with Crippen molar-refractivity contribution in [2.45, 2.75) is 18.9 Å². The van der Waals surface area contributed by atoms with Crippen LogP contribution in [0.2, 0.25) is 0 Å². The highest BCUT2D eigenvalue weighted by molar-refractivity contribution is 6.04. The summed E-state index contributed by atoms with van der Waals surface area (Å²) in [5.41, 5.74) is -1.34. The Hall–Kier alpha value is -3.47. The van der Waals surface area contributed by atoms with Gasteiger partial charge in [-0.15, -0.1) is 0 Å². The maximum atomic E-state index is 15.0. The maximum absolute atomic E-state index is 15.0. The second kappa shape index (κ2) is 8.95. The summed E-state index contributed by atoms with van der Waals surface area (Å²) >= 11 is 0. The number of rotatable bonds is 5. The van der Waals surface area contributed by atoms with Crippen LogP contribution in [0.4, 0.5) is 23.2 Å². The molecule has 7 nitrogen and oxygen atoms in total. The molecule has 170 valence electrons. The number of carbonyl (C=O) groups excluding carboxylic acids is 2. The SMILES string of the molecule is Cc1cc(NC(=O)c2ccc(F)c(C(F)(F)C(=O)N3CCOC[C@H]3C(=O)O)c2)ccc1F. The molecule has 2 aromatic carbocycles. The zero-order valence-electron chi connectivity index (χ0n) is 16.7. The predicted octanol–water partition coefficient (Wildman–Crippen LogP) is 2.93. The van der Waals surface area contributed by atoms with Crippen LogP contribution in [-0.4, -0.2) is 53.6 Å². The summed E-state index contributed by atoms with van der Waals surface area (Å²) in [5.74, 6) is -10.8. The summed E-state index contributed by atoms with van der Waals surface area (Å²) in [6.45, 7) is 0.396. The van der Waals surface area contributed by atoms with Crippen LogP contribution in [0.15, 0.2) is 36.4 Å². The van der Waals surface area contributed by atoms with Crippen LogP contribution in [-0.2, 0) is 20.2 Å². The van der Waals surface area contributed by atoms with Crippen LogP contribution in [0.25, 0.3) is 0 Å². The fourth-order valence-corrected chi connectivity index (χ4v) is 3.18. The molecule has 0 spiro atoms. The number of anilines is 1. The van der Waals surface area contributed by atoms with E-state index in [1.165, 1.54) is 19.1 Å². The van der Waals surface area contributed by atoms with Gasteiger partial charge in [-0.1, -0.05) is 0 Å². The zero-order chi connectivity index (χ0) is 23.6. The Morgan fingerprint density at radius 2 is 1.81 bits per heavy atom. The second-order valence-corrected chi connectivity index (χ2v) is 7.11. The van der Waals surface area contributed by atoms with Crippen LogP contribution in [0, 0.1) is 18.6 Å². The molecule has 2 N–H and O–H groups in total. The molecule has 11 heteroatoms. The van der Waals surface area contributed by atoms with Gasteiger partial charge in [0.25, 0.3) is 11.8 Å². The molecule has 0 radical (unpaired) electrons. The molecule has 2 aromatic rings. The highest BCUT2D eigenvalue weighted by atomic mass is 19.3. The molecule has 0 saturated carbocycles. The maximum Gasteiger partial charge on any atom is 0.352 e. The van der Waals surface area contributed by atoms with Crippen LogP contribution in [0.5, 0.6) is 0 Å². The number of hydrogen-bond donors (Lipinski definition) is 2. The molecule has 1 saturated heterocycles. The Bertz CT molecular complexity index is 1080. The van der Waals surface area contributed by atoms with Gasteiger partial charge in [-0.2, -0.15) is 8.78 Å². The number of carbonyl (C=O) groups is 3. The van der Waals surface area contributed by atoms with Gasteiger partial charge in [0.15, 0.2) is 6.04 Å². The summed E-state index contributed by atoms with van der Waals surface area (Å²) in [5, 5.41) is 11.5. The highest BCUT2D eigenvalue weighted by Crippen LogP contribution is 2.34. The molecule has 1 heterocycles. The van der Waals surface area contributed by atoms with Crippen molar-refractivity contribution in [3.05, 3.63) is 64.7 Å². The summed E-state index contributed by atoms with van der Waals surface area (Å²) in [7, 11) is 0. The monoisotopic (exact) mass is 454 g/mol. The van der Waals surface area contributed by atoms with Gasteiger partial charge in [-0.25, -0.2) is 13.6 Å². The molecule has 1 atom stereocenters. The molecule has 1 aliphatic rings. The average Bonchev–Trinajstić information content (AvgIpc) is 2.75. The van der Waals surface area contributed by atoms with Crippen molar-refractivity contribution in [3.8, 4) is 0 Å². The third-order valence-electron chi connectivity index (χ3n) is 4.93. The highest BCUT2D eigenvalue weighted by Gasteiger charge is 2.49. The molecule has 1 aliphatic heterocycles. The molecule has 32 heavy (non-hydrogen) atoms. The van der Waals surface area contributed by atoms with Gasteiger partial charge in [0.1, 0.15) is 11.6 Å². The lowest BCUT2D eigenvalue weighted by Gasteiger charge is -2.35. The molecule has 0 bridgehead atoms. The van der Waals surface area contributed by atoms with Crippen molar-refractivity contribution in [1.82, 2.24) is 4.90 Å². The van der Waals surface area contributed by atoms with E-state index >= 15 is 0 Å². The molecular weight excluding hydrogens is 436 g/mol. The van der Waals surface area contributed by atoms with Crippen molar-refractivity contribution in [2.75, 3.05) is 25.1 Å². The molecule has 3 rings (SSSR count). The fourth-order valence-electron chi connectivity index (χ4n) is 3.18. The van der Waals surface area contributed by atoms with Crippen molar-refractivity contribution in [2.24, 2.45) is 0 Å². The van der Waals surface area contributed by atoms with E-state index in [1.807, 2.05) is 0 Å². The molecular formula is C21H18F4N2O5. The van der Waals surface area contributed by atoms with Crippen LogP contribution in [0.3, 0.4) is 0 Å². The minimum absolute atomic E-state index is 0.159. The predicted molar refractivity (Wildman–Crippen MR) is 103 cm³/mol. The number of nitrogens with zero attached hydrogens (tertiary/aromatic N) is 1. The van der Waals surface area contributed by atoms with Gasteiger partial charge in [0.2, 0.25) is 0 Å². The number of hydrogen-bond acceptors (Lipinski definition) is 4. The number of ether oxygens (including phenoxy) is 1. The molecule has 0 aromatic heterocycles. The first-order chi connectivity index (χ1) is 15.0. The number of amides is 2. The largest absolute Gasteiger partial charge is 0.480 e. The molecule has 1 fully saturated rings. The van der Waals surface area contributed by atoms with Gasteiger partial charge in [0.05, 0.1) is 18.8 Å². The molecule has 0 aliphatic carbocycles. The lowest BCUT2D eigenvalue weighted by Crippen LogP contribution is -2.56. The molecule has 2 amide bonds. The quantitative estimate of drug-likeness (QED) is 0.678. The minimum Gasteiger partial charge on any atom is -0.480 e. The third kappa shape index (κ3) is 4.57. The Labute approximate surface area is 179 Å². The first kappa shape index (κ1) is 23.2. The van der Waals surface area contributed by atoms with E-state index in [0.717, 1.165) is 12.1 Å². The Balaban J connectivity index is 1.89. The number of aryl methyl sites for hydroxylation is 1. The van der Waals surface area contributed by atoms with Crippen LogP contribution in [0.1, 0.15) is 21.5 Å². The van der Waals surface area contributed by atoms with E-state index in [2.05, 4.69) is 5.32 Å². The number of aliphatic carboxylic acids is 1. The summed E-state index contributed by atoms with van der Waals surface area (Å²) in [6.07, 6.45) is 0. The summed E-state index contributed by atoms with van der Waals surface area (Å²) in [4.78, 5) is 36.6. The smallest absolute Gasteiger partial charge is 0.352 e. The van der Waals surface area contributed by atoms with Gasteiger partial charge in [-0.3, -0.25) is 9.59 Å². The van der Waals surface area contributed by atoms with E-state index < -0.39 is 60.1 Å². The Morgan fingerprint density at radius 1 is 1.12 bits per heavy atom. The van der Waals surface area contributed by atoms with Gasteiger partial charge in [-0.05, 0) is 48.9 Å². The normalized spacial score (nSPS) is 16.5. The number of morpholine rings is 1. The topological polar surface area (TPSA) is 95.9 Å². The van der Waals surface area contributed by atoms with Gasteiger partial charge in [0, 0.05) is 17.8 Å². The first-order valence-corrected chi connectivity index (χ1v) is 9.39. The molecule has 0 unspecified atom stereocenters. The third-order valence-corrected chi connectivity index (χ3v) is 4.93. The number of alkyl halides is 2. The number of carboxylic acids is 1. The van der Waals surface area contributed by atoms with E-state index in [-0.39, 0.29) is 23.4 Å². The number of benzene rings is 2. The first-order valence-electron chi connectivity index (χ1n) is 9.39. The average molecular weight is 454 g/mol.